The maximum absolute atomic E-state index is 12.1. The summed E-state index contributed by atoms with van der Waals surface area (Å²) in [5.74, 6) is -0.0219. The number of hydrogen-bond donors (Lipinski definition) is 2. The first-order valence-corrected chi connectivity index (χ1v) is 7.61. The fourth-order valence-electron chi connectivity index (χ4n) is 3.08. The number of rotatable bonds is 4. The highest BCUT2D eigenvalue weighted by molar-refractivity contribution is 5.82. The van der Waals surface area contributed by atoms with E-state index in [1.807, 2.05) is 13.0 Å². The minimum atomic E-state index is -0.387. The summed E-state index contributed by atoms with van der Waals surface area (Å²) in [6.45, 7) is 6.59. The lowest BCUT2D eigenvalue weighted by atomic mass is 9.71. The van der Waals surface area contributed by atoms with Crippen LogP contribution in [0.15, 0.2) is 24.3 Å². The van der Waals surface area contributed by atoms with E-state index in [0.717, 1.165) is 25.7 Å². The van der Waals surface area contributed by atoms with Crippen LogP contribution in [0.1, 0.15) is 63.6 Å². The molecule has 3 heteroatoms. The first-order valence-electron chi connectivity index (χ1n) is 7.61. The lowest BCUT2D eigenvalue weighted by Gasteiger charge is -2.37. The zero-order valence-electron chi connectivity index (χ0n) is 12.8. The van der Waals surface area contributed by atoms with Crippen LogP contribution in [0.3, 0.4) is 0 Å². The molecule has 2 unspecified atom stereocenters. The van der Waals surface area contributed by atoms with Gasteiger partial charge in [0.2, 0.25) is 5.91 Å². The summed E-state index contributed by atoms with van der Waals surface area (Å²) < 4.78 is 0. The third kappa shape index (κ3) is 3.04. The standard InChI is InChI=1S/C17H26N2O/c1-4-7-14(18)16(20)19-15-10-11-17(2,3)13-9-6-5-8-12(13)15/h5-6,8-9,14-15H,4,7,10-11,18H2,1-3H3,(H,19,20). The Morgan fingerprint density at radius 3 is 2.85 bits per heavy atom. The van der Waals surface area contributed by atoms with Crippen molar-refractivity contribution in [2.75, 3.05) is 0 Å². The van der Waals surface area contributed by atoms with Crippen LogP contribution in [0.25, 0.3) is 0 Å². The van der Waals surface area contributed by atoms with Crippen LogP contribution >= 0.6 is 0 Å². The van der Waals surface area contributed by atoms with E-state index in [2.05, 4.69) is 37.4 Å². The van der Waals surface area contributed by atoms with Crippen LogP contribution in [0.5, 0.6) is 0 Å². The van der Waals surface area contributed by atoms with Crippen molar-refractivity contribution in [2.45, 2.75) is 64.0 Å². The van der Waals surface area contributed by atoms with E-state index in [4.69, 9.17) is 5.73 Å². The predicted molar refractivity (Wildman–Crippen MR) is 82.5 cm³/mol. The van der Waals surface area contributed by atoms with Crippen molar-refractivity contribution < 1.29 is 4.79 Å². The molecule has 1 amide bonds. The van der Waals surface area contributed by atoms with Crippen molar-refractivity contribution in [1.82, 2.24) is 5.32 Å². The maximum atomic E-state index is 12.1. The van der Waals surface area contributed by atoms with Gasteiger partial charge in [-0.2, -0.15) is 0 Å². The fourth-order valence-corrected chi connectivity index (χ4v) is 3.08. The minimum Gasteiger partial charge on any atom is -0.348 e. The number of fused-ring (bicyclic) bond motifs is 1. The monoisotopic (exact) mass is 274 g/mol. The van der Waals surface area contributed by atoms with Gasteiger partial charge in [0, 0.05) is 0 Å². The third-order valence-electron chi connectivity index (χ3n) is 4.38. The topological polar surface area (TPSA) is 55.1 Å². The van der Waals surface area contributed by atoms with Crippen molar-refractivity contribution in [3.05, 3.63) is 35.4 Å². The quantitative estimate of drug-likeness (QED) is 0.886. The Kier molecular flexibility index (Phi) is 4.48. The molecule has 1 aromatic carbocycles. The second-order valence-corrected chi connectivity index (χ2v) is 6.47. The molecule has 3 nitrogen and oxygen atoms in total. The largest absolute Gasteiger partial charge is 0.348 e. The molecule has 0 radical (unpaired) electrons. The number of hydrogen-bond acceptors (Lipinski definition) is 2. The first-order chi connectivity index (χ1) is 9.45. The van der Waals surface area contributed by atoms with E-state index in [-0.39, 0.29) is 23.4 Å². The van der Waals surface area contributed by atoms with Gasteiger partial charge in [0.15, 0.2) is 0 Å². The van der Waals surface area contributed by atoms with E-state index in [1.54, 1.807) is 0 Å². The Bertz CT molecular complexity index is 482. The second kappa shape index (κ2) is 5.96. The first kappa shape index (κ1) is 15.0. The minimum absolute atomic E-state index is 0.0219. The molecule has 2 rings (SSSR count). The molecule has 2 atom stereocenters. The summed E-state index contributed by atoms with van der Waals surface area (Å²) >= 11 is 0. The average Bonchev–Trinajstić information content (AvgIpc) is 2.42. The molecular weight excluding hydrogens is 248 g/mol. The molecule has 0 saturated heterocycles. The zero-order chi connectivity index (χ0) is 14.8. The van der Waals surface area contributed by atoms with Gasteiger partial charge >= 0.3 is 0 Å². The normalized spacial score (nSPS) is 21.9. The van der Waals surface area contributed by atoms with Gasteiger partial charge < -0.3 is 11.1 Å². The number of benzene rings is 1. The molecule has 1 aliphatic rings. The molecule has 3 N–H and O–H groups in total. The van der Waals surface area contributed by atoms with Crippen LogP contribution in [0.2, 0.25) is 0 Å². The molecule has 0 spiro atoms. The third-order valence-corrected chi connectivity index (χ3v) is 4.38. The van der Waals surface area contributed by atoms with E-state index in [1.165, 1.54) is 11.1 Å². The molecule has 0 aromatic heterocycles. The predicted octanol–water partition coefficient (Wildman–Crippen LogP) is 3.04. The summed E-state index contributed by atoms with van der Waals surface area (Å²) in [7, 11) is 0. The molecule has 0 saturated carbocycles. The Labute approximate surface area is 121 Å². The van der Waals surface area contributed by atoms with Crippen LogP contribution in [-0.4, -0.2) is 11.9 Å². The van der Waals surface area contributed by atoms with Crippen molar-refractivity contribution in [3.8, 4) is 0 Å². The zero-order valence-corrected chi connectivity index (χ0v) is 12.8. The number of nitrogens with one attached hydrogen (secondary N) is 1. The van der Waals surface area contributed by atoms with Crippen molar-refractivity contribution in [3.63, 3.8) is 0 Å². The van der Waals surface area contributed by atoms with Gasteiger partial charge in [-0.15, -0.1) is 0 Å². The lowest BCUT2D eigenvalue weighted by molar-refractivity contribution is -0.123. The van der Waals surface area contributed by atoms with Gasteiger partial charge in [-0.3, -0.25) is 4.79 Å². The summed E-state index contributed by atoms with van der Waals surface area (Å²) in [4.78, 5) is 12.1. The lowest BCUT2D eigenvalue weighted by Crippen LogP contribution is -2.44. The van der Waals surface area contributed by atoms with Crippen molar-refractivity contribution in [2.24, 2.45) is 5.73 Å². The Morgan fingerprint density at radius 1 is 1.45 bits per heavy atom. The van der Waals surface area contributed by atoms with Crippen molar-refractivity contribution >= 4 is 5.91 Å². The fraction of sp³-hybridized carbons (Fsp3) is 0.588. The molecule has 0 aliphatic heterocycles. The van der Waals surface area contributed by atoms with Gasteiger partial charge in [-0.1, -0.05) is 51.5 Å². The van der Waals surface area contributed by atoms with E-state index < -0.39 is 0 Å². The highest BCUT2D eigenvalue weighted by atomic mass is 16.2. The van der Waals surface area contributed by atoms with Crippen LogP contribution in [-0.2, 0) is 10.2 Å². The smallest absolute Gasteiger partial charge is 0.237 e. The molecule has 1 aliphatic carbocycles. The van der Waals surface area contributed by atoms with Crippen molar-refractivity contribution in [1.29, 1.82) is 0 Å². The van der Waals surface area contributed by atoms with Gasteiger partial charge in [0.25, 0.3) is 0 Å². The Hall–Kier alpha value is -1.35. The highest BCUT2D eigenvalue weighted by Crippen LogP contribution is 2.41. The second-order valence-electron chi connectivity index (χ2n) is 6.47. The molecular formula is C17H26N2O. The van der Waals surface area contributed by atoms with Gasteiger partial charge in [0.1, 0.15) is 0 Å². The molecule has 0 heterocycles. The SMILES string of the molecule is CCCC(N)C(=O)NC1CCC(C)(C)c2ccccc21. The van der Waals surface area contributed by atoms with Crippen LogP contribution in [0.4, 0.5) is 0 Å². The van der Waals surface area contributed by atoms with E-state index >= 15 is 0 Å². The number of nitrogens with two attached hydrogens (primary N) is 1. The number of carbonyl (C=O) groups is 1. The van der Waals surface area contributed by atoms with Gasteiger partial charge in [-0.05, 0) is 35.8 Å². The van der Waals surface area contributed by atoms with Crippen LogP contribution < -0.4 is 11.1 Å². The molecule has 0 fully saturated rings. The number of amides is 1. The molecule has 1 aromatic rings. The number of carbonyl (C=O) groups excluding carboxylic acids is 1. The van der Waals surface area contributed by atoms with Gasteiger partial charge in [-0.25, -0.2) is 0 Å². The Morgan fingerprint density at radius 2 is 2.15 bits per heavy atom. The van der Waals surface area contributed by atoms with E-state index in [0.29, 0.717) is 0 Å². The van der Waals surface area contributed by atoms with E-state index in [9.17, 15) is 4.79 Å². The molecule has 0 bridgehead atoms. The van der Waals surface area contributed by atoms with Crippen LogP contribution in [0, 0.1) is 0 Å². The Balaban J connectivity index is 2.17. The summed E-state index contributed by atoms with van der Waals surface area (Å²) in [5.41, 5.74) is 8.69. The average molecular weight is 274 g/mol. The maximum Gasteiger partial charge on any atom is 0.237 e. The highest BCUT2D eigenvalue weighted by Gasteiger charge is 2.33. The summed E-state index contributed by atoms with van der Waals surface area (Å²) in [6, 6.07) is 8.15. The molecule has 20 heavy (non-hydrogen) atoms. The summed E-state index contributed by atoms with van der Waals surface area (Å²) in [5, 5.41) is 3.13. The van der Waals surface area contributed by atoms with Gasteiger partial charge in [0.05, 0.1) is 12.1 Å². The summed E-state index contributed by atoms with van der Waals surface area (Å²) in [6.07, 6.45) is 3.74. The molecule has 110 valence electrons.